The molecule has 0 radical (unpaired) electrons. The van der Waals surface area contributed by atoms with Crippen molar-refractivity contribution in [1.82, 2.24) is 0 Å². The molecule has 2 aliphatic carbocycles. The van der Waals surface area contributed by atoms with Gasteiger partial charge in [-0.3, -0.25) is 4.79 Å². The lowest BCUT2D eigenvalue weighted by Gasteiger charge is -2.59. The van der Waals surface area contributed by atoms with Crippen molar-refractivity contribution in [3.05, 3.63) is 40.8 Å². The van der Waals surface area contributed by atoms with Gasteiger partial charge in [0.15, 0.2) is 0 Å². The molecule has 0 N–H and O–H groups in total. The lowest BCUT2D eigenvalue weighted by atomic mass is 9.45. The van der Waals surface area contributed by atoms with Crippen molar-refractivity contribution in [3.63, 3.8) is 0 Å². The van der Waals surface area contributed by atoms with Gasteiger partial charge in [-0.2, -0.15) is 0 Å². The van der Waals surface area contributed by atoms with E-state index in [0.29, 0.717) is 36.2 Å². The molecule has 150 valence electrons. The molecule has 4 rings (SSSR count). The molecule has 2 aliphatic rings. The van der Waals surface area contributed by atoms with E-state index in [1.54, 1.807) is 12.1 Å². The summed E-state index contributed by atoms with van der Waals surface area (Å²) in [5.41, 5.74) is 0.257. The first-order chi connectivity index (χ1) is 13.2. The molecule has 0 spiro atoms. The first kappa shape index (κ1) is 19.2. The number of ketones is 1. The Kier molecular flexibility index (Phi) is 4.64. The van der Waals surface area contributed by atoms with Gasteiger partial charge < -0.3 is 9.15 Å². The van der Waals surface area contributed by atoms with Gasteiger partial charge in [0.05, 0.1) is 6.61 Å². The Labute approximate surface area is 166 Å². The number of ether oxygens (including phenoxy) is 1. The monoisotopic (exact) mass is 382 g/mol. The van der Waals surface area contributed by atoms with Gasteiger partial charge >= 0.3 is 5.63 Å². The number of benzene rings is 1. The molecule has 28 heavy (non-hydrogen) atoms. The number of rotatable bonds is 3. The van der Waals surface area contributed by atoms with E-state index in [2.05, 4.69) is 27.7 Å². The summed E-state index contributed by atoms with van der Waals surface area (Å²) in [6.45, 7) is 9.70. The highest BCUT2D eigenvalue weighted by molar-refractivity contribution is 5.82. The minimum absolute atomic E-state index is 0.00838. The third kappa shape index (κ3) is 2.98. The highest BCUT2D eigenvalue weighted by Gasteiger charge is 2.57. The van der Waals surface area contributed by atoms with Gasteiger partial charge in [0.2, 0.25) is 0 Å². The zero-order valence-corrected chi connectivity index (χ0v) is 17.3. The lowest BCUT2D eigenvalue weighted by molar-refractivity contribution is -0.151. The van der Waals surface area contributed by atoms with Gasteiger partial charge in [-0.05, 0) is 54.7 Å². The SMILES string of the molecule is C[C@@H]1CC[C@@]2(C)[C@@H](CCC(=O)[C@@H]2C)[C@@]1(C)COc1ccc2ccc(=O)oc2c1. The molecule has 0 amide bonds. The third-order valence-electron chi connectivity index (χ3n) is 8.13. The van der Waals surface area contributed by atoms with E-state index >= 15 is 0 Å². The molecule has 0 saturated heterocycles. The van der Waals surface area contributed by atoms with E-state index in [1.807, 2.05) is 12.1 Å². The average Bonchev–Trinajstić information content (AvgIpc) is 2.67. The number of carbonyl (C=O) groups is 1. The molecule has 1 heterocycles. The predicted octanol–water partition coefficient (Wildman–Crippen LogP) is 5.23. The first-order valence-electron chi connectivity index (χ1n) is 10.4. The Bertz CT molecular complexity index is 960. The third-order valence-corrected chi connectivity index (χ3v) is 8.13. The fraction of sp³-hybridized carbons (Fsp3) is 0.583. The molecule has 1 aromatic heterocycles. The second-order valence-corrected chi connectivity index (χ2v) is 9.47. The Morgan fingerprint density at radius 1 is 1.11 bits per heavy atom. The van der Waals surface area contributed by atoms with Crippen molar-refractivity contribution >= 4 is 16.8 Å². The van der Waals surface area contributed by atoms with Crippen LogP contribution in [0.1, 0.15) is 53.4 Å². The summed E-state index contributed by atoms with van der Waals surface area (Å²) < 4.78 is 11.6. The van der Waals surface area contributed by atoms with Crippen molar-refractivity contribution in [2.75, 3.05) is 6.61 Å². The van der Waals surface area contributed by atoms with E-state index in [-0.39, 0.29) is 22.4 Å². The second-order valence-electron chi connectivity index (χ2n) is 9.47. The second kappa shape index (κ2) is 6.75. The first-order valence-corrected chi connectivity index (χ1v) is 10.4. The summed E-state index contributed by atoms with van der Waals surface area (Å²) in [4.78, 5) is 23.9. The van der Waals surface area contributed by atoms with Crippen LogP contribution in [-0.4, -0.2) is 12.4 Å². The maximum atomic E-state index is 12.4. The summed E-state index contributed by atoms with van der Waals surface area (Å²) in [5, 5.41) is 0.886. The maximum absolute atomic E-state index is 12.4. The van der Waals surface area contributed by atoms with E-state index < -0.39 is 0 Å². The molecular formula is C24H30O4. The summed E-state index contributed by atoms with van der Waals surface area (Å²) in [7, 11) is 0. The standard InChI is InChI=1S/C24H30O4/c1-15-11-12-23(3)16(2)19(25)8-9-21(23)24(15,4)14-27-18-7-5-17-6-10-22(26)28-20(17)13-18/h5-7,10,13,15-16,21H,8-9,11-12,14H2,1-4H3/t15-,16+,21-,23-,24+/m1/s1. The van der Waals surface area contributed by atoms with Crippen molar-refractivity contribution in [2.45, 2.75) is 53.4 Å². The number of Topliss-reactive ketones (excluding diaryl/α,β-unsaturated/α-hetero) is 1. The summed E-state index contributed by atoms with van der Waals surface area (Å²) in [5.74, 6) is 2.26. The van der Waals surface area contributed by atoms with E-state index in [4.69, 9.17) is 9.15 Å². The van der Waals surface area contributed by atoms with Gasteiger partial charge in [-0.1, -0.05) is 27.7 Å². The Balaban J connectivity index is 1.60. The highest BCUT2D eigenvalue weighted by atomic mass is 16.5. The predicted molar refractivity (Wildman–Crippen MR) is 109 cm³/mol. The molecule has 4 heteroatoms. The van der Waals surface area contributed by atoms with Crippen LogP contribution in [0, 0.1) is 28.6 Å². The molecule has 0 aliphatic heterocycles. The Hall–Kier alpha value is -2.10. The quantitative estimate of drug-likeness (QED) is 0.682. The maximum Gasteiger partial charge on any atom is 0.336 e. The fourth-order valence-corrected chi connectivity index (χ4v) is 5.79. The van der Waals surface area contributed by atoms with Crippen LogP contribution < -0.4 is 10.4 Å². The van der Waals surface area contributed by atoms with Crippen LogP contribution in [0.15, 0.2) is 39.5 Å². The Morgan fingerprint density at radius 2 is 1.86 bits per heavy atom. The zero-order valence-electron chi connectivity index (χ0n) is 17.3. The number of fused-ring (bicyclic) bond motifs is 2. The fourth-order valence-electron chi connectivity index (χ4n) is 5.79. The zero-order chi connectivity index (χ0) is 20.1. The average molecular weight is 383 g/mol. The highest BCUT2D eigenvalue weighted by Crippen LogP contribution is 2.61. The number of hydrogen-bond acceptors (Lipinski definition) is 4. The van der Waals surface area contributed by atoms with Crippen molar-refractivity contribution in [1.29, 1.82) is 0 Å². The summed E-state index contributed by atoms with van der Waals surface area (Å²) >= 11 is 0. The summed E-state index contributed by atoms with van der Waals surface area (Å²) in [6, 6.07) is 8.86. The molecule has 0 bridgehead atoms. The van der Waals surface area contributed by atoms with Crippen LogP contribution in [0.3, 0.4) is 0 Å². The minimum Gasteiger partial charge on any atom is -0.493 e. The van der Waals surface area contributed by atoms with Crippen molar-refractivity contribution < 1.29 is 13.9 Å². The molecule has 0 unspecified atom stereocenters. The van der Waals surface area contributed by atoms with Gasteiger partial charge in [0.25, 0.3) is 0 Å². The molecule has 4 nitrogen and oxygen atoms in total. The summed E-state index contributed by atoms with van der Waals surface area (Å²) in [6.07, 6.45) is 3.88. The normalized spacial score (nSPS) is 35.6. The molecular weight excluding hydrogens is 352 g/mol. The molecule has 2 saturated carbocycles. The largest absolute Gasteiger partial charge is 0.493 e. The Morgan fingerprint density at radius 3 is 2.64 bits per heavy atom. The number of hydrogen-bond donors (Lipinski definition) is 0. The van der Waals surface area contributed by atoms with Crippen molar-refractivity contribution in [2.24, 2.45) is 28.6 Å². The van der Waals surface area contributed by atoms with Crippen LogP contribution in [0.4, 0.5) is 0 Å². The molecule has 5 atom stereocenters. The number of carbonyl (C=O) groups excluding carboxylic acids is 1. The molecule has 2 aromatic rings. The van der Waals surface area contributed by atoms with Crippen LogP contribution in [-0.2, 0) is 4.79 Å². The van der Waals surface area contributed by atoms with Crippen molar-refractivity contribution in [3.8, 4) is 5.75 Å². The lowest BCUT2D eigenvalue weighted by Crippen LogP contribution is -2.56. The van der Waals surface area contributed by atoms with Crippen LogP contribution in [0.5, 0.6) is 5.75 Å². The van der Waals surface area contributed by atoms with Crippen LogP contribution in [0.2, 0.25) is 0 Å². The van der Waals surface area contributed by atoms with Gasteiger partial charge in [-0.15, -0.1) is 0 Å². The molecule has 2 fully saturated rings. The van der Waals surface area contributed by atoms with E-state index in [1.165, 1.54) is 6.07 Å². The van der Waals surface area contributed by atoms with E-state index in [9.17, 15) is 9.59 Å². The van der Waals surface area contributed by atoms with Gasteiger partial charge in [0, 0.05) is 35.3 Å². The van der Waals surface area contributed by atoms with Crippen LogP contribution >= 0.6 is 0 Å². The molecule has 1 aromatic carbocycles. The van der Waals surface area contributed by atoms with Gasteiger partial charge in [-0.25, -0.2) is 4.79 Å². The topological polar surface area (TPSA) is 56.5 Å². The smallest absolute Gasteiger partial charge is 0.336 e. The van der Waals surface area contributed by atoms with Gasteiger partial charge in [0.1, 0.15) is 17.1 Å². The van der Waals surface area contributed by atoms with E-state index in [0.717, 1.165) is 30.4 Å². The minimum atomic E-state index is -0.353. The van der Waals surface area contributed by atoms with Crippen LogP contribution in [0.25, 0.3) is 11.0 Å².